The van der Waals surface area contributed by atoms with E-state index < -0.39 is 11.9 Å². The van der Waals surface area contributed by atoms with Crippen LogP contribution in [0.15, 0.2) is 42.6 Å². The Bertz CT molecular complexity index is 744. The van der Waals surface area contributed by atoms with Gasteiger partial charge in [0.15, 0.2) is 0 Å². The number of anilines is 1. The van der Waals surface area contributed by atoms with Gasteiger partial charge in [-0.1, -0.05) is 29.3 Å². The van der Waals surface area contributed by atoms with Gasteiger partial charge in [0.2, 0.25) is 5.91 Å². The average molecular weight is 398 g/mol. The van der Waals surface area contributed by atoms with Crippen molar-refractivity contribution in [2.45, 2.75) is 12.5 Å². The molecule has 0 radical (unpaired) electrons. The molecule has 0 aliphatic heterocycles. The van der Waals surface area contributed by atoms with E-state index in [1.165, 1.54) is 12.1 Å². The number of hydrogen-bond donors (Lipinski definition) is 2. The molecule has 0 spiro atoms. The SMILES string of the molecule is CSCCC(NC(=O)c1ccc(Cl)cc1Cl)C(=O)Nc1ccccn1. The van der Waals surface area contributed by atoms with Crippen LogP contribution in [-0.4, -0.2) is 34.8 Å². The maximum atomic E-state index is 12.5. The van der Waals surface area contributed by atoms with Crippen LogP contribution in [0, 0.1) is 0 Å². The summed E-state index contributed by atoms with van der Waals surface area (Å²) in [4.78, 5) is 29.0. The Morgan fingerprint density at radius 1 is 1.24 bits per heavy atom. The zero-order valence-corrected chi connectivity index (χ0v) is 15.8. The predicted octanol–water partition coefficient (Wildman–Crippen LogP) is 3.88. The number of rotatable bonds is 7. The lowest BCUT2D eigenvalue weighted by molar-refractivity contribution is -0.118. The molecule has 2 amide bonds. The van der Waals surface area contributed by atoms with Gasteiger partial charge in [-0.25, -0.2) is 4.98 Å². The van der Waals surface area contributed by atoms with Crippen LogP contribution in [-0.2, 0) is 4.79 Å². The molecule has 132 valence electrons. The topological polar surface area (TPSA) is 71.1 Å². The van der Waals surface area contributed by atoms with Crippen molar-refractivity contribution in [2.24, 2.45) is 0 Å². The summed E-state index contributed by atoms with van der Waals surface area (Å²) >= 11 is 13.5. The normalized spacial score (nSPS) is 11.6. The third-order valence-corrected chi connectivity index (χ3v) is 4.52. The average Bonchev–Trinajstić information content (AvgIpc) is 2.59. The van der Waals surface area contributed by atoms with Gasteiger partial charge >= 0.3 is 0 Å². The van der Waals surface area contributed by atoms with E-state index in [1.807, 2.05) is 6.26 Å². The Hall–Kier alpha value is -1.76. The van der Waals surface area contributed by atoms with Gasteiger partial charge in [-0.05, 0) is 48.8 Å². The summed E-state index contributed by atoms with van der Waals surface area (Å²) < 4.78 is 0. The van der Waals surface area contributed by atoms with Gasteiger partial charge < -0.3 is 10.6 Å². The highest BCUT2D eigenvalue weighted by Crippen LogP contribution is 2.21. The first-order chi connectivity index (χ1) is 12.0. The number of halogens is 2. The molecule has 0 fully saturated rings. The molecule has 0 aliphatic rings. The molecule has 1 aromatic carbocycles. The summed E-state index contributed by atoms with van der Waals surface area (Å²) in [5.41, 5.74) is 0.269. The molecule has 5 nitrogen and oxygen atoms in total. The molecular weight excluding hydrogens is 381 g/mol. The largest absolute Gasteiger partial charge is 0.340 e. The van der Waals surface area contributed by atoms with Crippen molar-refractivity contribution < 1.29 is 9.59 Å². The minimum absolute atomic E-state index is 0.235. The van der Waals surface area contributed by atoms with Crippen molar-refractivity contribution in [1.29, 1.82) is 0 Å². The second kappa shape index (κ2) is 9.65. The molecule has 1 atom stereocenters. The van der Waals surface area contributed by atoms with Crippen molar-refractivity contribution >= 4 is 52.6 Å². The fraction of sp³-hybridized carbons (Fsp3) is 0.235. The van der Waals surface area contributed by atoms with Crippen LogP contribution in [0.25, 0.3) is 0 Å². The molecule has 0 saturated heterocycles. The molecule has 8 heteroatoms. The summed E-state index contributed by atoms with van der Waals surface area (Å²) in [6.07, 6.45) is 4.00. The maximum absolute atomic E-state index is 12.5. The van der Waals surface area contributed by atoms with Crippen molar-refractivity contribution in [3.8, 4) is 0 Å². The quantitative estimate of drug-likeness (QED) is 0.743. The molecule has 1 unspecified atom stereocenters. The lowest BCUT2D eigenvalue weighted by Gasteiger charge is -2.18. The molecule has 2 rings (SSSR count). The summed E-state index contributed by atoms with van der Waals surface area (Å²) in [5, 5.41) is 6.11. The highest BCUT2D eigenvalue weighted by Gasteiger charge is 2.22. The standard InChI is InChI=1S/C17H17Cl2N3O2S/c1-25-9-7-14(17(24)22-15-4-2-3-8-20-15)21-16(23)12-6-5-11(18)10-13(12)19/h2-6,8,10,14H,7,9H2,1H3,(H,21,23)(H,20,22,24). The summed E-state index contributed by atoms with van der Waals surface area (Å²) in [7, 11) is 0. The van der Waals surface area contributed by atoms with Gasteiger partial charge in [0.25, 0.3) is 5.91 Å². The molecule has 0 aliphatic carbocycles. The van der Waals surface area contributed by atoms with Crippen LogP contribution < -0.4 is 10.6 Å². The zero-order valence-electron chi connectivity index (χ0n) is 13.5. The number of carbonyl (C=O) groups is 2. The van der Waals surface area contributed by atoms with Crippen LogP contribution in [0.4, 0.5) is 5.82 Å². The fourth-order valence-corrected chi connectivity index (χ4v) is 3.03. The summed E-state index contributed by atoms with van der Waals surface area (Å²) in [6, 6.07) is 9.10. The number of hydrogen-bond acceptors (Lipinski definition) is 4. The third kappa shape index (κ3) is 5.92. The van der Waals surface area contributed by atoms with E-state index in [0.717, 1.165) is 5.75 Å². The fourth-order valence-electron chi connectivity index (χ4n) is 2.06. The summed E-state index contributed by atoms with van der Waals surface area (Å²) in [5.74, 6) is 0.394. The second-order valence-corrected chi connectivity index (χ2v) is 6.97. The van der Waals surface area contributed by atoms with E-state index in [2.05, 4.69) is 15.6 Å². The monoisotopic (exact) mass is 397 g/mol. The Morgan fingerprint density at radius 2 is 2.04 bits per heavy atom. The van der Waals surface area contributed by atoms with Crippen LogP contribution in [0.2, 0.25) is 10.0 Å². The van der Waals surface area contributed by atoms with Gasteiger partial charge in [0.05, 0.1) is 10.6 Å². The molecule has 25 heavy (non-hydrogen) atoms. The van der Waals surface area contributed by atoms with Crippen LogP contribution in [0.5, 0.6) is 0 Å². The van der Waals surface area contributed by atoms with Crippen molar-refractivity contribution in [2.75, 3.05) is 17.3 Å². The highest BCUT2D eigenvalue weighted by molar-refractivity contribution is 7.98. The first kappa shape index (κ1) is 19.6. The first-order valence-corrected chi connectivity index (χ1v) is 9.63. The number of aromatic nitrogens is 1. The van der Waals surface area contributed by atoms with Gasteiger partial charge in [0.1, 0.15) is 11.9 Å². The first-order valence-electron chi connectivity index (χ1n) is 7.48. The number of nitrogens with zero attached hydrogens (tertiary/aromatic N) is 1. The Labute approximate surface area is 160 Å². The van der Waals surface area contributed by atoms with Crippen LogP contribution >= 0.6 is 35.0 Å². The molecule has 2 aromatic rings. The number of carbonyl (C=O) groups excluding carboxylic acids is 2. The third-order valence-electron chi connectivity index (χ3n) is 3.32. The van der Waals surface area contributed by atoms with E-state index in [4.69, 9.17) is 23.2 Å². The number of pyridine rings is 1. The second-order valence-electron chi connectivity index (χ2n) is 5.14. The Kier molecular flexibility index (Phi) is 7.55. The minimum atomic E-state index is -0.700. The molecule has 0 saturated carbocycles. The van der Waals surface area contributed by atoms with Gasteiger partial charge in [0, 0.05) is 11.2 Å². The number of benzene rings is 1. The lowest BCUT2D eigenvalue weighted by Crippen LogP contribution is -2.44. The molecular formula is C17H17Cl2N3O2S. The maximum Gasteiger partial charge on any atom is 0.253 e. The Balaban J connectivity index is 2.10. The minimum Gasteiger partial charge on any atom is -0.340 e. The van der Waals surface area contributed by atoms with Crippen LogP contribution in [0.3, 0.4) is 0 Å². The van der Waals surface area contributed by atoms with E-state index in [-0.39, 0.29) is 16.5 Å². The van der Waals surface area contributed by atoms with Gasteiger partial charge in [-0.2, -0.15) is 11.8 Å². The summed E-state index contributed by atoms with van der Waals surface area (Å²) in [6.45, 7) is 0. The van der Waals surface area contributed by atoms with Crippen molar-refractivity contribution in [3.63, 3.8) is 0 Å². The van der Waals surface area contributed by atoms with Crippen LogP contribution in [0.1, 0.15) is 16.8 Å². The molecule has 0 bridgehead atoms. The molecule has 2 N–H and O–H groups in total. The molecule has 1 aromatic heterocycles. The Morgan fingerprint density at radius 3 is 2.68 bits per heavy atom. The lowest BCUT2D eigenvalue weighted by atomic mass is 10.1. The van der Waals surface area contributed by atoms with Gasteiger partial charge in [-0.15, -0.1) is 0 Å². The van der Waals surface area contributed by atoms with E-state index in [1.54, 1.807) is 42.2 Å². The smallest absolute Gasteiger partial charge is 0.253 e. The predicted molar refractivity (Wildman–Crippen MR) is 104 cm³/mol. The number of thioether (sulfide) groups is 1. The zero-order chi connectivity index (χ0) is 18.2. The van der Waals surface area contributed by atoms with E-state index in [0.29, 0.717) is 17.3 Å². The van der Waals surface area contributed by atoms with Gasteiger partial charge in [-0.3, -0.25) is 9.59 Å². The number of nitrogens with one attached hydrogen (secondary N) is 2. The van der Waals surface area contributed by atoms with Crippen molar-refractivity contribution in [1.82, 2.24) is 10.3 Å². The highest BCUT2D eigenvalue weighted by atomic mass is 35.5. The van der Waals surface area contributed by atoms with Crippen molar-refractivity contribution in [3.05, 3.63) is 58.2 Å². The molecule has 1 heterocycles. The number of amides is 2. The van der Waals surface area contributed by atoms with E-state index >= 15 is 0 Å². The van der Waals surface area contributed by atoms with E-state index in [9.17, 15) is 9.59 Å².